The van der Waals surface area contributed by atoms with Gasteiger partial charge >= 0.3 is 0 Å². The number of methoxy groups -OCH3 is 1. The van der Waals surface area contributed by atoms with E-state index in [9.17, 15) is 18.4 Å². The lowest BCUT2D eigenvalue weighted by Crippen LogP contribution is -2.23. The van der Waals surface area contributed by atoms with Crippen molar-refractivity contribution in [1.82, 2.24) is 15.3 Å². The van der Waals surface area contributed by atoms with Crippen LogP contribution in [0.15, 0.2) is 30.5 Å². The standard InChI is InChI=1S/C19H21F2N3O4/c1-3-15(25)9-14-8-12(6-7-22-14)18(26)23-10-13-4-5-17(24-19(13)27-2)28-11-16(20)21/h4-8,16H,3,9-11H2,1-2H3,(H,23,26). The van der Waals surface area contributed by atoms with E-state index in [1.54, 1.807) is 25.1 Å². The number of hydrogen-bond acceptors (Lipinski definition) is 6. The number of hydrogen-bond donors (Lipinski definition) is 1. The van der Waals surface area contributed by atoms with Crippen LogP contribution in [0.4, 0.5) is 8.78 Å². The number of pyridine rings is 2. The number of ether oxygens (including phenoxy) is 2. The molecule has 0 saturated carbocycles. The Morgan fingerprint density at radius 3 is 2.71 bits per heavy atom. The Morgan fingerprint density at radius 2 is 2.04 bits per heavy atom. The third-order valence-electron chi connectivity index (χ3n) is 3.75. The highest BCUT2D eigenvalue weighted by Crippen LogP contribution is 2.20. The zero-order chi connectivity index (χ0) is 20.5. The number of alkyl halides is 2. The molecule has 1 amide bonds. The molecule has 1 N–H and O–H groups in total. The molecule has 2 rings (SSSR count). The fourth-order valence-electron chi connectivity index (χ4n) is 2.31. The van der Waals surface area contributed by atoms with Crippen molar-refractivity contribution in [3.05, 3.63) is 47.3 Å². The molecule has 2 heterocycles. The Hall–Kier alpha value is -3.10. The van der Waals surface area contributed by atoms with Gasteiger partial charge in [-0.3, -0.25) is 14.6 Å². The lowest BCUT2D eigenvalue weighted by atomic mass is 10.1. The third-order valence-corrected chi connectivity index (χ3v) is 3.75. The molecule has 0 unspecified atom stereocenters. The van der Waals surface area contributed by atoms with Crippen molar-refractivity contribution in [3.63, 3.8) is 0 Å². The molecule has 28 heavy (non-hydrogen) atoms. The molecular formula is C19H21F2N3O4. The van der Waals surface area contributed by atoms with Crippen molar-refractivity contribution < 1.29 is 27.8 Å². The molecule has 7 nitrogen and oxygen atoms in total. The molecule has 0 saturated heterocycles. The number of amides is 1. The van der Waals surface area contributed by atoms with Crippen LogP contribution in [0.5, 0.6) is 11.8 Å². The number of aromatic nitrogens is 2. The van der Waals surface area contributed by atoms with E-state index >= 15 is 0 Å². The summed E-state index contributed by atoms with van der Waals surface area (Å²) in [7, 11) is 1.38. The quantitative estimate of drug-likeness (QED) is 0.667. The highest BCUT2D eigenvalue weighted by atomic mass is 19.3. The highest BCUT2D eigenvalue weighted by Gasteiger charge is 2.13. The highest BCUT2D eigenvalue weighted by molar-refractivity contribution is 5.94. The lowest BCUT2D eigenvalue weighted by Gasteiger charge is -2.11. The van der Waals surface area contributed by atoms with Crippen LogP contribution >= 0.6 is 0 Å². The van der Waals surface area contributed by atoms with E-state index < -0.39 is 13.0 Å². The maximum absolute atomic E-state index is 12.4. The van der Waals surface area contributed by atoms with E-state index in [-0.39, 0.29) is 36.4 Å². The van der Waals surface area contributed by atoms with Crippen LogP contribution in [0.3, 0.4) is 0 Å². The minimum atomic E-state index is -2.61. The summed E-state index contributed by atoms with van der Waals surface area (Å²) in [5.74, 6) is -0.148. The number of ketones is 1. The van der Waals surface area contributed by atoms with Gasteiger partial charge in [0.2, 0.25) is 11.8 Å². The normalized spacial score (nSPS) is 10.6. The van der Waals surface area contributed by atoms with Crippen molar-refractivity contribution in [2.45, 2.75) is 32.7 Å². The van der Waals surface area contributed by atoms with Gasteiger partial charge in [-0.15, -0.1) is 0 Å². The monoisotopic (exact) mass is 393 g/mol. The number of halogens is 2. The number of carbonyl (C=O) groups excluding carboxylic acids is 2. The van der Waals surface area contributed by atoms with Crippen molar-refractivity contribution in [2.75, 3.05) is 13.7 Å². The molecule has 150 valence electrons. The fraction of sp³-hybridized carbons (Fsp3) is 0.368. The van der Waals surface area contributed by atoms with Gasteiger partial charge in [0, 0.05) is 48.5 Å². The topological polar surface area (TPSA) is 90.4 Å². The van der Waals surface area contributed by atoms with E-state index in [0.717, 1.165) is 0 Å². The number of nitrogens with zero attached hydrogens (tertiary/aromatic N) is 2. The lowest BCUT2D eigenvalue weighted by molar-refractivity contribution is -0.118. The van der Waals surface area contributed by atoms with E-state index in [2.05, 4.69) is 15.3 Å². The summed E-state index contributed by atoms with van der Waals surface area (Å²) in [4.78, 5) is 32.0. The molecule has 2 aromatic heterocycles. The Kier molecular flexibility index (Phi) is 7.79. The minimum Gasteiger partial charge on any atom is -0.481 e. The number of rotatable bonds is 10. The third kappa shape index (κ3) is 6.26. The average Bonchev–Trinajstić information content (AvgIpc) is 2.70. The average molecular weight is 393 g/mol. The van der Waals surface area contributed by atoms with Crippen LogP contribution in [0.2, 0.25) is 0 Å². The van der Waals surface area contributed by atoms with Crippen LogP contribution in [0, 0.1) is 0 Å². The van der Waals surface area contributed by atoms with Gasteiger partial charge in [-0.1, -0.05) is 6.92 Å². The molecule has 0 spiro atoms. The predicted molar refractivity (Wildman–Crippen MR) is 96.7 cm³/mol. The first-order valence-electron chi connectivity index (χ1n) is 8.62. The van der Waals surface area contributed by atoms with Crippen LogP contribution in [-0.2, 0) is 17.8 Å². The summed E-state index contributed by atoms with van der Waals surface area (Å²) in [6.07, 6.45) is -0.549. The molecule has 2 aromatic rings. The first-order chi connectivity index (χ1) is 13.4. The molecule has 0 aliphatic heterocycles. The van der Waals surface area contributed by atoms with Gasteiger partial charge < -0.3 is 14.8 Å². The molecule has 0 bridgehead atoms. The molecular weight excluding hydrogens is 372 g/mol. The second kappa shape index (κ2) is 10.3. The smallest absolute Gasteiger partial charge is 0.272 e. The van der Waals surface area contributed by atoms with E-state index in [0.29, 0.717) is 23.2 Å². The zero-order valence-electron chi connectivity index (χ0n) is 15.6. The summed E-state index contributed by atoms with van der Waals surface area (Å²) in [6.45, 7) is 1.11. The Labute approximate surface area is 161 Å². The Balaban J connectivity index is 2.02. The molecule has 0 radical (unpaired) electrons. The molecule has 0 fully saturated rings. The van der Waals surface area contributed by atoms with E-state index in [1.807, 2.05) is 0 Å². The van der Waals surface area contributed by atoms with Gasteiger partial charge in [0.1, 0.15) is 5.78 Å². The van der Waals surface area contributed by atoms with Gasteiger partial charge in [-0.25, -0.2) is 8.78 Å². The van der Waals surface area contributed by atoms with Gasteiger partial charge in [-0.05, 0) is 18.2 Å². The zero-order valence-corrected chi connectivity index (χ0v) is 15.6. The summed E-state index contributed by atoms with van der Waals surface area (Å²) >= 11 is 0. The molecule has 0 atom stereocenters. The van der Waals surface area contributed by atoms with Crippen molar-refractivity contribution in [1.29, 1.82) is 0 Å². The summed E-state index contributed by atoms with van der Waals surface area (Å²) < 4.78 is 34.4. The van der Waals surface area contributed by atoms with Crippen LogP contribution in [-0.4, -0.2) is 41.8 Å². The van der Waals surface area contributed by atoms with Crippen molar-refractivity contribution in [2.24, 2.45) is 0 Å². The van der Waals surface area contributed by atoms with Crippen molar-refractivity contribution >= 4 is 11.7 Å². The second-order valence-electron chi connectivity index (χ2n) is 5.81. The van der Waals surface area contributed by atoms with Gasteiger partial charge in [0.25, 0.3) is 12.3 Å². The minimum absolute atomic E-state index is 0.00611. The number of Topliss-reactive ketones (excluding diaryl/α,β-unsaturated/α-hetero) is 1. The Morgan fingerprint density at radius 1 is 1.25 bits per heavy atom. The fourth-order valence-corrected chi connectivity index (χ4v) is 2.31. The number of nitrogens with one attached hydrogen (secondary N) is 1. The van der Waals surface area contributed by atoms with Crippen LogP contribution < -0.4 is 14.8 Å². The molecule has 0 aliphatic carbocycles. The van der Waals surface area contributed by atoms with Crippen LogP contribution in [0.25, 0.3) is 0 Å². The van der Waals surface area contributed by atoms with Gasteiger partial charge in [-0.2, -0.15) is 4.98 Å². The van der Waals surface area contributed by atoms with Crippen molar-refractivity contribution in [3.8, 4) is 11.8 Å². The largest absolute Gasteiger partial charge is 0.481 e. The first-order valence-corrected chi connectivity index (χ1v) is 8.62. The number of carbonyl (C=O) groups is 2. The summed E-state index contributed by atoms with van der Waals surface area (Å²) in [6, 6.07) is 6.11. The van der Waals surface area contributed by atoms with E-state index in [4.69, 9.17) is 9.47 Å². The first kappa shape index (κ1) is 21.2. The van der Waals surface area contributed by atoms with Gasteiger partial charge in [0.05, 0.1) is 7.11 Å². The maximum Gasteiger partial charge on any atom is 0.272 e. The predicted octanol–water partition coefficient (Wildman–Crippen LogP) is 2.58. The SMILES string of the molecule is CCC(=O)Cc1cc(C(=O)NCc2ccc(OCC(F)F)nc2OC)ccn1. The van der Waals surface area contributed by atoms with Crippen LogP contribution in [0.1, 0.15) is 35.0 Å². The molecule has 0 aromatic carbocycles. The Bertz CT molecular complexity index is 831. The summed E-state index contributed by atoms with van der Waals surface area (Å²) in [5.41, 5.74) is 1.45. The molecule has 0 aliphatic rings. The molecule has 9 heteroatoms. The summed E-state index contributed by atoms with van der Waals surface area (Å²) in [5, 5.41) is 2.72. The van der Waals surface area contributed by atoms with Gasteiger partial charge in [0.15, 0.2) is 6.61 Å². The van der Waals surface area contributed by atoms with E-state index in [1.165, 1.54) is 19.4 Å². The second-order valence-corrected chi connectivity index (χ2v) is 5.81. The maximum atomic E-state index is 12.4.